The second-order valence-electron chi connectivity index (χ2n) is 5.17. The van der Waals surface area contributed by atoms with E-state index in [1.165, 1.54) is 38.3 Å². The molecule has 0 aliphatic rings. The highest BCUT2D eigenvalue weighted by molar-refractivity contribution is 7.92. The molecule has 2 rings (SSSR count). The molecule has 0 amide bonds. The lowest BCUT2D eigenvalue weighted by Crippen LogP contribution is -2.39. The van der Waals surface area contributed by atoms with Gasteiger partial charge in [0.15, 0.2) is 11.6 Å². The predicted molar refractivity (Wildman–Crippen MR) is 84.7 cm³/mol. The molecule has 0 saturated carbocycles. The number of benzene rings is 2. The molecule has 4 nitrogen and oxygen atoms in total. The van der Waals surface area contributed by atoms with Crippen LogP contribution < -0.4 is 9.04 Å². The highest BCUT2D eigenvalue weighted by Crippen LogP contribution is 2.32. The molecule has 0 saturated heterocycles. The van der Waals surface area contributed by atoms with Gasteiger partial charge in [-0.1, -0.05) is 18.2 Å². The first-order valence-electron chi connectivity index (χ1n) is 7.05. The molecule has 0 aliphatic carbocycles. The zero-order valence-electron chi connectivity index (χ0n) is 13.3. The van der Waals surface area contributed by atoms with Crippen molar-refractivity contribution in [3.05, 3.63) is 53.8 Å². The Kier molecular flexibility index (Phi) is 5.26. The summed E-state index contributed by atoms with van der Waals surface area (Å²) in [6.45, 7) is -0.562. The Morgan fingerprint density at radius 1 is 1.08 bits per heavy atom. The Morgan fingerprint density at radius 3 is 2.20 bits per heavy atom. The number of methoxy groups -OCH3 is 1. The fourth-order valence-corrected chi connectivity index (χ4v) is 3.94. The first kappa shape index (κ1) is 19.0. The van der Waals surface area contributed by atoms with E-state index >= 15 is 0 Å². The summed E-state index contributed by atoms with van der Waals surface area (Å²) in [5.41, 5.74) is -0.488. The Hall–Kier alpha value is -2.29. The standard InChI is InChI=1S/C16H15F4NO3S/c1-11-14(9-8-13(24-2)15(11)17)25(22,23)21(10-16(18,19)20)12-6-4-3-5-7-12/h3-9H,10H2,1-2H3. The van der Waals surface area contributed by atoms with Crippen molar-refractivity contribution in [1.82, 2.24) is 0 Å². The van der Waals surface area contributed by atoms with Gasteiger partial charge in [-0.05, 0) is 31.2 Å². The third-order valence-corrected chi connectivity index (χ3v) is 5.37. The van der Waals surface area contributed by atoms with Crippen LogP contribution in [0.4, 0.5) is 23.2 Å². The average molecular weight is 377 g/mol. The van der Waals surface area contributed by atoms with E-state index in [-0.39, 0.29) is 21.3 Å². The summed E-state index contributed by atoms with van der Waals surface area (Å²) in [6.07, 6.45) is -4.78. The number of para-hydroxylation sites is 1. The van der Waals surface area contributed by atoms with Crippen LogP contribution in [-0.2, 0) is 10.0 Å². The van der Waals surface area contributed by atoms with Crippen molar-refractivity contribution in [2.24, 2.45) is 0 Å². The minimum atomic E-state index is -4.78. The molecular formula is C16H15F4NO3S. The van der Waals surface area contributed by atoms with E-state index < -0.39 is 33.5 Å². The quantitative estimate of drug-likeness (QED) is 0.743. The van der Waals surface area contributed by atoms with Gasteiger partial charge in [0.1, 0.15) is 6.54 Å². The minimum absolute atomic E-state index is 0.171. The van der Waals surface area contributed by atoms with Gasteiger partial charge in [-0.2, -0.15) is 13.2 Å². The summed E-state index contributed by atoms with van der Waals surface area (Å²) >= 11 is 0. The van der Waals surface area contributed by atoms with Crippen molar-refractivity contribution in [2.45, 2.75) is 18.0 Å². The smallest absolute Gasteiger partial charge is 0.407 e. The van der Waals surface area contributed by atoms with Crippen LogP contribution in [0.5, 0.6) is 5.75 Å². The molecule has 0 N–H and O–H groups in total. The van der Waals surface area contributed by atoms with Gasteiger partial charge in [0.2, 0.25) is 0 Å². The van der Waals surface area contributed by atoms with E-state index in [0.717, 1.165) is 12.1 Å². The first-order valence-corrected chi connectivity index (χ1v) is 8.49. The summed E-state index contributed by atoms with van der Waals surface area (Å²) in [5.74, 6) is -1.14. The Bertz CT molecular complexity index is 852. The highest BCUT2D eigenvalue weighted by Gasteiger charge is 2.38. The lowest BCUT2D eigenvalue weighted by Gasteiger charge is -2.26. The van der Waals surface area contributed by atoms with Crippen LogP contribution in [0, 0.1) is 12.7 Å². The van der Waals surface area contributed by atoms with Crippen LogP contribution >= 0.6 is 0 Å². The molecule has 0 aromatic heterocycles. The van der Waals surface area contributed by atoms with E-state index in [1.807, 2.05) is 0 Å². The Balaban J connectivity index is 2.62. The van der Waals surface area contributed by atoms with Crippen LogP contribution in [0.1, 0.15) is 5.56 Å². The van der Waals surface area contributed by atoms with E-state index in [1.54, 1.807) is 6.07 Å². The zero-order valence-corrected chi connectivity index (χ0v) is 14.2. The van der Waals surface area contributed by atoms with Crippen LogP contribution in [0.25, 0.3) is 0 Å². The number of halogens is 4. The first-order chi connectivity index (χ1) is 11.6. The number of rotatable bonds is 5. The maximum Gasteiger partial charge on any atom is 0.407 e. The molecule has 0 atom stereocenters. The number of hydrogen-bond acceptors (Lipinski definition) is 3. The molecule has 9 heteroatoms. The van der Waals surface area contributed by atoms with Gasteiger partial charge in [-0.3, -0.25) is 4.31 Å². The Morgan fingerprint density at radius 2 is 1.68 bits per heavy atom. The molecule has 0 unspecified atom stereocenters. The molecule has 0 aliphatic heterocycles. The van der Waals surface area contributed by atoms with Crippen molar-refractivity contribution in [2.75, 3.05) is 18.0 Å². The number of sulfonamides is 1. The molecule has 0 bridgehead atoms. The van der Waals surface area contributed by atoms with Crippen molar-refractivity contribution in [3.63, 3.8) is 0 Å². The number of ether oxygens (including phenoxy) is 1. The van der Waals surface area contributed by atoms with Crippen molar-refractivity contribution >= 4 is 15.7 Å². The van der Waals surface area contributed by atoms with Crippen LogP contribution in [-0.4, -0.2) is 28.2 Å². The SMILES string of the molecule is COc1ccc(S(=O)(=O)N(CC(F)(F)F)c2ccccc2)c(C)c1F. The van der Waals surface area contributed by atoms with Crippen LogP contribution in [0.3, 0.4) is 0 Å². The van der Waals surface area contributed by atoms with Gasteiger partial charge in [0.05, 0.1) is 17.7 Å². The zero-order chi connectivity index (χ0) is 18.8. The van der Waals surface area contributed by atoms with E-state index in [4.69, 9.17) is 4.74 Å². The van der Waals surface area contributed by atoms with Gasteiger partial charge in [0.25, 0.3) is 10.0 Å². The molecule has 0 radical (unpaired) electrons. The summed E-state index contributed by atoms with van der Waals surface area (Å²) in [6, 6.07) is 8.92. The van der Waals surface area contributed by atoms with Crippen molar-refractivity contribution in [1.29, 1.82) is 0 Å². The van der Waals surface area contributed by atoms with Crippen molar-refractivity contribution in [3.8, 4) is 5.75 Å². The molecule has 2 aromatic rings. The molecular weight excluding hydrogens is 362 g/mol. The van der Waals surface area contributed by atoms with Gasteiger partial charge in [0, 0.05) is 5.56 Å². The summed E-state index contributed by atoms with van der Waals surface area (Å²) in [5, 5.41) is 0. The maximum absolute atomic E-state index is 14.2. The van der Waals surface area contributed by atoms with Gasteiger partial charge >= 0.3 is 6.18 Å². The number of alkyl halides is 3. The van der Waals surface area contributed by atoms with Crippen LogP contribution in [0.15, 0.2) is 47.4 Å². The number of hydrogen-bond donors (Lipinski definition) is 0. The molecule has 2 aromatic carbocycles. The lowest BCUT2D eigenvalue weighted by molar-refractivity contribution is -0.117. The maximum atomic E-state index is 14.2. The number of anilines is 1. The second-order valence-corrected chi connectivity index (χ2v) is 7.00. The fraction of sp³-hybridized carbons (Fsp3) is 0.250. The third-order valence-electron chi connectivity index (χ3n) is 3.46. The van der Waals surface area contributed by atoms with Crippen LogP contribution in [0.2, 0.25) is 0 Å². The van der Waals surface area contributed by atoms with E-state index in [9.17, 15) is 26.0 Å². The highest BCUT2D eigenvalue weighted by atomic mass is 32.2. The lowest BCUT2D eigenvalue weighted by atomic mass is 10.2. The molecule has 0 fully saturated rings. The summed E-state index contributed by atoms with van der Waals surface area (Å²) in [7, 11) is -3.45. The number of nitrogens with zero attached hydrogens (tertiary/aromatic N) is 1. The molecule has 0 spiro atoms. The minimum Gasteiger partial charge on any atom is -0.494 e. The van der Waals surface area contributed by atoms with Gasteiger partial charge in [-0.25, -0.2) is 12.8 Å². The summed E-state index contributed by atoms with van der Waals surface area (Å²) in [4.78, 5) is -0.557. The van der Waals surface area contributed by atoms with E-state index in [0.29, 0.717) is 0 Å². The molecule has 0 heterocycles. The molecule has 25 heavy (non-hydrogen) atoms. The van der Waals surface area contributed by atoms with E-state index in [2.05, 4.69) is 0 Å². The normalized spacial score (nSPS) is 12.1. The third kappa shape index (κ3) is 4.04. The monoisotopic (exact) mass is 377 g/mol. The van der Waals surface area contributed by atoms with Gasteiger partial charge < -0.3 is 4.74 Å². The topological polar surface area (TPSA) is 46.6 Å². The average Bonchev–Trinajstić information content (AvgIpc) is 2.55. The van der Waals surface area contributed by atoms with Crippen molar-refractivity contribution < 1.29 is 30.7 Å². The van der Waals surface area contributed by atoms with Gasteiger partial charge in [-0.15, -0.1) is 0 Å². The fourth-order valence-electron chi connectivity index (χ4n) is 2.27. The summed E-state index contributed by atoms with van der Waals surface area (Å²) < 4.78 is 83.5. The second kappa shape index (κ2) is 6.91. The Labute approximate surface area is 142 Å². The largest absolute Gasteiger partial charge is 0.494 e. The molecule has 136 valence electrons. The predicted octanol–water partition coefficient (Wildman–Crippen LogP) is 3.90.